The van der Waals surface area contributed by atoms with E-state index in [1.807, 2.05) is 31.0 Å². The van der Waals surface area contributed by atoms with E-state index in [2.05, 4.69) is 11.1 Å². The van der Waals surface area contributed by atoms with Crippen LogP contribution in [0.15, 0.2) is 18.3 Å². The lowest BCUT2D eigenvalue weighted by Crippen LogP contribution is -2.24. The molecule has 16 heavy (non-hydrogen) atoms. The molecule has 4 nitrogen and oxygen atoms in total. The molecule has 1 aromatic rings. The second-order valence-corrected chi connectivity index (χ2v) is 4.04. The van der Waals surface area contributed by atoms with Gasteiger partial charge in [0.05, 0.1) is 18.1 Å². The Hall–Kier alpha value is -1.60. The third-order valence-electron chi connectivity index (χ3n) is 2.41. The number of nitriles is 1. The van der Waals surface area contributed by atoms with Gasteiger partial charge >= 0.3 is 0 Å². The first-order chi connectivity index (χ1) is 7.54. The zero-order valence-corrected chi connectivity index (χ0v) is 9.88. The molecule has 0 spiro atoms. The lowest BCUT2D eigenvalue weighted by molar-refractivity contribution is 0.199. The van der Waals surface area contributed by atoms with Gasteiger partial charge in [0.15, 0.2) is 0 Å². The molecule has 1 N–H and O–H groups in total. The molecule has 1 rings (SSSR count). The molecule has 0 amide bonds. The van der Waals surface area contributed by atoms with E-state index in [0.717, 1.165) is 11.4 Å². The second-order valence-electron chi connectivity index (χ2n) is 4.04. The number of hydrogen-bond donors (Lipinski definition) is 1. The summed E-state index contributed by atoms with van der Waals surface area (Å²) in [7, 11) is 1.90. The quantitative estimate of drug-likeness (QED) is 0.837. The molecule has 0 aliphatic carbocycles. The zero-order valence-electron chi connectivity index (χ0n) is 9.88. The lowest BCUT2D eigenvalue weighted by atomic mass is 10.2. The van der Waals surface area contributed by atoms with Crippen molar-refractivity contribution in [2.45, 2.75) is 20.0 Å². The number of anilines is 1. The molecule has 0 bridgehead atoms. The highest BCUT2D eigenvalue weighted by molar-refractivity contribution is 5.38. The highest BCUT2D eigenvalue weighted by atomic mass is 16.3. The fourth-order valence-corrected chi connectivity index (χ4v) is 1.42. The molecular formula is C12H17N3O. The van der Waals surface area contributed by atoms with Crippen LogP contribution >= 0.6 is 0 Å². The van der Waals surface area contributed by atoms with Gasteiger partial charge in [-0.25, -0.2) is 4.98 Å². The van der Waals surface area contributed by atoms with Crippen molar-refractivity contribution >= 4 is 5.82 Å². The average molecular weight is 219 g/mol. The molecular weight excluding hydrogens is 202 g/mol. The Labute approximate surface area is 96.2 Å². The monoisotopic (exact) mass is 219 g/mol. The molecule has 1 heterocycles. The van der Waals surface area contributed by atoms with E-state index in [4.69, 9.17) is 5.26 Å². The maximum absolute atomic E-state index is 9.34. The van der Waals surface area contributed by atoms with Gasteiger partial charge in [0, 0.05) is 19.8 Å². The summed E-state index contributed by atoms with van der Waals surface area (Å²) in [5.41, 5.74) is 0.797. The highest BCUT2D eigenvalue weighted by Crippen LogP contribution is 2.15. The van der Waals surface area contributed by atoms with Crippen molar-refractivity contribution in [3.63, 3.8) is 0 Å². The van der Waals surface area contributed by atoms with Crippen LogP contribution in [0.4, 0.5) is 5.82 Å². The molecule has 2 atom stereocenters. The molecule has 0 aliphatic heterocycles. The molecule has 86 valence electrons. The van der Waals surface area contributed by atoms with Crippen molar-refractivity contribution in [3.8, 4) is 6.07 Å². The standard InChI is InChI=1S/C12H17N3O/c1-9(6-13)8-15(3)12-5-4-11(7-14-12)10(2)16/h4-5,7,9-10,16H,8H2,1-3H3/t9?,10-/m0/s1. The lowest BCUT2D eigenvalue weighted by Gasteiger charge is -2.19. The Bertz CT molecular complexity index is 367. The first-order valence-electron chi connectivity index (χ1n) is 5.29. The largest absolute Gasteiger partial charge is 0.389 e. The van der Waals surface area contributed by atoms with Gasteiger partial charge in [-0.15, -0.1) is 0 Å². The normalized spacial score (nSPS) is 13.9. The van der Waals surface area contributed by atoms with E-state index in [1.165, 1.54) is 0 Å². The van der Waals surface area contributed by atoms with Crippen molar-refractivity contribution in [2.75, 3.05) is 18.5 Å². The van der Waals surface area contributed by atoms with E-state index in [-0.39, 0.29) is 5.92 Å². The smallest absolute Gasteiger partial charge is 0.128 e. The number of nitrogens with zero attached hydrogens (tertiary/aromatic N) is 3. The fraction of sp³-hybridized carbons (Fsp3) is 0.500. The van der Waals surface area contributed by atoms with Gasteiger partial charge in [0.25, 0.3) is 0 Å². The maximum Gasteiger partial charge on any atom is 0.128 e. The van der Waals surface area contributed by atoms with Crippen molar-refractivity contribution in [2.24, 2.45) is 5.92 Å². The molecule has 0 aliphatic rings. The van der Waals surface area contributed by atoms with Gasteiger partial charge in [-0.3, -0.25) is 0 Å². The van der Waals surface area contributed by atoms with Crippen LogP contribution in [0.3, 0.4) is 0 Å². The van der Waals surface area contributed by atoms with Crippen molar-refractivity contribution in [1.29, 1.82) is 5.26 Å². The average Bonchev–Trinajstić information content (AvgIpc) is 2.28. The van der Waals surface area contributed by atoms with Crippen LogP contribution in [-0.4, -0.2) is 23.7 Å². The minimum absolute atomic E-state index is 0.0248. The van der Waals surface area contributed by atoms with Crippen molar-refractivity contribution in [1.82, 2.24) is 4.98 Å². The highest BCUT2D eigenvalue weighted by Gasteiger charge is 2.08. The number of aliphatic hydroxyl groups is 1. The van der Waals surface area contributed by atoms with Gasteiger partial charge in [-0.2, -0.15) is 5.26 Å². The number of aliphatic hydroxyl groups excluding tert-OH is 1. The Balaban J connectivity index is 2.71. The van der Waals surface area contributed by atoms with Crippen molar-refractivity contribution < 1.29 is 5.11 Å². The third-order valence-corrected chi connectivity index (χ3v) is 2.41. The topological polar surface area (TPSA) is 60.2 Å². The molecule has 0 saturated carbocycles. The van der Waals surface area contributed by atoms with Crippen LogP contribution < -0.4 is 4.90 Å². The molecule has 0 radical (unpaired) electrons. The number of pyridine rings is 1. The van der Waals surface area contributed by atoms with Crippen LogP contribution in [-0.2, 0) is 0 Å². The second kappa shape index (κ2) is 5.47. The van der Waals surface area contributed by atoms with Gasteiger partial charge in [-0.05, 0) is 25.5 Å². The summed E-state index contributed by atoms with van der Waals surface area (Å²) in [5, 5.41) is 18.1. The molecule has 0 saturated heterocycles. The fourth-order valence-electron chi connectivity index (χ4n) is 1.42. The van der Waals surface area contributed by atoms with Crippen LogP contribution in [0.25, 0.3) is 0 Å². The van der Waals surface area contributed by atoms with Gasteiger partial charge in [-0.1, -0.05) is 6.07 Å². The molecule has 4 heteroatoms. The summed E-state index contributed by atoms with van der Waals surface area (Å²) in [6.07, 6.45) is 1.16. The first-order valence-corrected chi connectivity index (χ1v) is 5.29. The molecule has 0 fully saturated rings. The van der Waals surface area contributed by atoms with E-state index in [1.54, 1.807) is 13.1 Å². The van der Waals surface area contributed by atoms with Crippen LogP contribution in [0, 0.1) is 17.2 Å². The minimum atomic E-state index is -0.495. The van der Waals surface area contributed by atoms with Crippen LogP contribution in [0.2, 0.25) is 0 Å². The van der Waals surface area contributed by atoms with Crippen LogP contribution in [0.5, 0.6) is 0 Å². The summed E-state index contributed by atoms with van der Waals surface area (Å²) < 4.78 is 0. The van der Waals surface area contributed by atoms with Gasteiger partial charge < -0.3 is 10.0 Å². The van der Waals surface area contributed by atoms with Crippen molar-refractivity contribution in [3.05, 3.63) is 23.9 Å². The molecule has 1 unspecified atom stereocenters. The van der Waals surface area contributed by atoms with E-state index in [9.17, 15) is 5.11 Å². The zero-order chi connectivity index (χ0) is 12.1. The Morgan fingerprint density at radius 3 is 2.62 bits per heavy atom. The summed E-state index contributed by atoms with van der Waals surface area (Å²) in [4.78, 5) is 6.17. The molecule has 0 aromatic carbocycles. The predicted octanol–water partition coefficient (Wildman–Crippen LogP) is 1.73. The SMILES string of the molecule is CC(C#N)CN(C)c1ccc([C@H](C)O)cn1. The Morgan fingerprint density at radius 2 is 2.19 bits per heavy atom. The first kappa shape index (κ1) is 12.5. The number of aromatic nitrogens is 1. The third kappa shape index (κ3) is 3.21. The summed E-state index contributed by atoms with van der Waals surface area (Å²) in [6, 6.07) is 5.89. The predicted molar refractivity (Wildman–Crippen MR) is 62.9 cm³/mol. The van der Waals surface area contributed by atoms with E-state index in [0.29, 0.717) is 6.54 Å². The maximum atomic E-state index is 9.34. The minimum Gasteiger partial charge on any atom is -0.389 e. The van der Waals surface area contributed by atoms with Gasteiger partial charge in [0.1, 0.15) is 5.82 Å². The molecule has 1 aromatic heterocycles. The summed E-state index contributed by atoms with van der Waals surface area (Å²) >= 11 is 0. The number of rotatable bonds is 4. The Kier molecular flexibility index (Phi) is 4.27. The summed E-state index contributed by atoms with van der Waals surface area (Å²) in [6.45, 7) is 4.23. The van der Waals surface area contributed by atoms with E-state index < -0.39 is 6.10 Å². The summed E-state index contributed by atoms with van der Waals surface area (Å²) in [5.74, 6) is 0.787. The number of hydrogen-bond acceptors (Lipinski definition) is 4. The van der Waals surface area contributed by atoms with E-state index >= 15 is 0 Å². The van der Waals surface area contributed by atoms with Crippen LogP contribution in [0.1, 0.15) is 25.5 Å². The van der Waals surface area contributed by atoms with Gasteiger partial charge in [0.2, 0.25) is 0 Å². The Morgan fingerprint density at radius 1 is 1.50 bits per heavy atom.